The minimum atomic E-state index is -4.37. The van der Waals surface area contributed by atoms with E-state index in [9.17, 15) is 18.0 Å². The number of carbonyl (C=O) groups excluding carboxylic acids is 1. The Balaban J connectivity index is 2.69. The molecule has 0 radical (unpaired) electrons. The molecule has 0 aromatic heterocycles. The zero-order chi connectivity index (χ0) is 14.7. The van der Waals surface area contributed by atoms with Crippen molar-refractivity contribution in [2.75, 3.05) is 0 Å². The molecule has 0 unspecified atom stereocenters. The van der Waals surface area contributed by atoms with Gasteiger partial charge in [-0.25, -0.2) is 0 Å². The van der Waals surface area contributed by atoms with Crippen molar-refractivity contribution in [1.82, 2.24) is 5.32 Å². The molecule has 0 bridgehead atoms. The van der Waals surface area contributed by atoms with Gasteiger partial charge in [0, 0.05) is 0 Å². The van der Waals surface area contributed by atoms with Crippen LogP contribution in [0.3, 0.4) is 0 Å². The molecule has 0 saturated heterocycles. The van der Waals surface area contributed by atoms with Crippen LogP contribution in [0, 0.1) is 12.3 Å². The topological polar surface area (TPSA) is 29.1 Å². The normalized spacial score (nSPS) is 11.8. The number of rotatable bonds is 3. The molecule has 1 aromatic carbocycles. The number of benzene rings is 1. The van der Waals surface area contributed by atoms with Crippen LogP contribution in [-0.2, 0) is 17.4 Å². The zero-order valence-electron chi connectivity index (χ0n) is 10.6. The first kappa shape index (κ1) is 15.1. The number of nitrogens with one attached hydrogen (secondary N) is 1. The maximum Gasteiger partial charge on any atom is 0.416 e. The summed E-state index contributed by atoms with van der Waals surface area (Å²) in [5.41, 5.74) is -1.01. The van der Waals surface area contributed by atoms with E-state index < -0.39 is 17.3 Å². The number of terminal acetylenes is 1. The molecule has 102 valence electrons. The third-order valence-corrected chi connectivity index (χ3v) is 2.46. The maximum atomic E-state index is 12.3. The molecule has 1 N–H and O–H groups in total. The smallest absolute Gasteiger partial charge is 0.340 e. The monoisotopic (exact) mass is 269 g/mol. The minimum Gasteiger partial charge on any atom is -0.340 e. The Morgan fingerprint density at radius 2 is 1.79 bits per heavy atom. The highest BCUT2D eigenvalue weighted by molar-refractivity contribution is 5.79. The first-order valence-corrected chi connectivity index (χ1v) is 5.59. The van der Waals surface area contributed by atoms with E-state index in [4.69, 9.17) is 6.42 Å². The van der Waals surface area contributed by atoms with Crippen LogP contribution in [0.2, 0.25) is 0 Å². The molecule has 0 aliphatic rings. The molecule has 0 saturated carbocycles. The molecular formula is C14H14F3NO. The third kappa shape index (κ3) is 4.66. The molecule has 0 aliphatic heterocycles. The number of alkyl halides is 3. The number of hydrogen-bond acceptors (Lipinski definition) is 1. The lowest BCUT2D eigenvalue weighted by atomic mass is 10.0. The predicted molar refractivity (Wildman–Crippen MR) is 66.2 cm³/mol. The van der Waals surface area contributed by atoms with Crippen LogP contribution in [0.25, 0.3) is 0 Å². The largest absolute Gasteiger partial charge is 0.416 e. The van der Waals surface area contributed by atoms with Crippen molar-refractivity contribution in [3.8, 4) is 12.3 Å². The molecule has 1 aromatic rings. The van der Waals surface area contributed by atoms with Crippen LogP contribution >= 0.6 is 0 Å². The van der Waals surface area contributed by atoms with Gasteiger partial charge in [0.2, 0.25) is 5.91 Å². The van der Waals surface area contributed by atoms with Gasteiger partial charge in [0.1, 0.15) is 0 Å². The van der Waals surface area contributed by atoms with Crippen LogP contribution in [0.5, 0.6) is 0 Å². The van der Waals surface area contributed by atoms with Crippen molar-refractivity contribution in [3.63, 3.8) is 0 Å². The van der Waals surface area contributed by atoms with Crippen LogP contribution in [0.4, 0.5) is 13.2 Å². The van der Waals surface area contributed by atoms with Gasteiger partial charge in [-0.2, -0.15) is 13.2 Å². The fourth-order valence-electron chi connectivity index (χ4n) is 1.43. The molecule has 1 rings (SSSR count). The summed E-state index contributed by atoms with van der Waals surface area (Å²) in [7, 11) is 0. The Hall–Kier alpha value is -1.96. The lowest BCUT2D eigenvalue weighted by Gasteiger charge is -2.19. The minimum absolute atomic E-state index is 0.0107. The lowest BCUT2D eigenvalue weighted by Crippen LogP contribution is -2.42. The fraction of sp³-hybridized carbons (Fsp3) is 0.357. The van der Waals surface area contributed by atoms with Crippen LogP contribution in [0.15, 0.2) is 24.3 Å². The van der Waals surface area contributed by atoms with Crippen molar-refractivity contribution in [2.24, 2.45) is 0 Å². The Kier molecular flexibility index (Phi) is 4.25. The van der Waals surface area contributed by atoms with Gasteiger partial charge < -0.3 is 5.32 Å². The Bertz CT molecular complexity index is 495. The Morgan fingerprint density at radius 3 is 2.21 bits per heavy atom. The van der Waals surface area contributed by atoms with E-state index in [2.05, 4.69) is 11.2 Å². The Morgan fingerprint density at radius 1 is 1.26 bits per heavy atom. The first-order valence-electron chi connectivity index (χ1n) is 5.59. The van der Waals surface area contributed by atoms with Gasteiger partial charge in [0.05, 0.1) is 17.5 Å². The Labute approximate surface area is 110 Å². The van der Waals surface area contributed by atoms with E-state index >= 15 is 0 Å². The molecule has 5 heteroatoms. The molecule has 19 heavy (non-hydrogen) atoms. The fourth-order valence-corrected chi connectivity index (χ4v) is 1.43. The molecular weight excluding hydrogens is 255 g/mol. The van der Waals surface area contributed by atoms with Crippen molar-refractivity contribution < 1.29 is 18.0 Å². The third-order valence-electron chi connectivity index (χ3n) is 2.46. The summed E-state index contributed by atoms with van der Waals surface area (Å²) in [5.74, 6) is 2.08. The lowest BCUT2D eigenvalue weighted by molar-refractivity contribution is -0.137. The second-order valence-electron chi connectivity index (χ2n) is 4.69. The standard InChI is InChI=1S/C14H14F3NO/c1-4-13(2,3)18-12(19)9-10-5-7-11(8-6-10)14(15,16)17/h1,5-8H,9H2,2-3H3,(H,18,19). The van der Waals surface area contributed by atoms with Gasteiger partial charge in [-0.15, -0.1) is 6.42 Å². The predicted octanol–water partition coefficient (Wildman–Crippen LogP) is 2.78. The number of halogens is 3. The van der Waals surface area contributed by atoms with Crippen LogP contribution < -0.4 is 5.32 Å². The van der Waals surface area contributed by atoms with Gasteiger partial charge in [-0.3, -0.25) is 4.79 Å². The van der Waals surface area contributed by atoms with E-state index in [0.29, 0.717) is 5.56 Å². The summed E-state index contributed by atoms with van der Waals surface area (Å²) in [6, 6.07) is 4.47. The van der Waals surface area contributed by atoms with Gasteiger partial charge in [-0.05, 0) is 31.5 Å². The van der Waals surface area contributed by atoms with E-state index in [1.54, 1.807) is 13.8 Å². The highest BCUT2D eigenvalue weighted by Gasteiger charge is 2.30. The summed E-state index contributed by atoms with van der Waals surface area (Å²) < 4.78 is 37.0. The number of hydrogen-bond donors (Lipinski definition) is 1. The highest BCUT2D eigenvalue weighted by atomic mass is 19.4. The second kappa shape index (κ2) is 5.35. The molecule has 0 spiro atoms. The van der Waals surface area contributed by atoms with Gasteiger partial charge in [0.15, 0.2) is 0 Å². The van der Waals surface area contributed by atoms with Gasteiger partial charge in [0.25, 0.3) is 0 Å². The van der Waals surface area contributed by atoms with Gasteiger partial charge >= 0.3 is 6.18 Å². The van der Waals surface area contributed by atoms with E-state index in [1.165, 1.54) is 12.1 Å². The summed E-state index contributed by atoms with van der Waals surface area (Å²) >= 11 is 0. The highest BCUT2D eigenvalue weighted by Crippen LogP contribution is 2.29. The molecule has 0 aliphatic carbocycles. The van der Waals surface area contributed by atoms with Gasteiger partial charge in [-0.1, -0.05) is 18.1 Å². The van der Waals surface area contributed by atoms with E-state index in [1.807, 2.05) is 0 Å². The summed E-state index contributed by atoms with van der Waals surface area (Å²) in [6.45, 7) is 3.33. The van der Waals surface area contributed by atoms with Crippen LogP contribution in [-0.4, -0.2) is 11.4 Å². The van der Waals surface area contributed by atoms with Crippen molar-refractivity contribution in [1.29, 1.82) is 0 Å². The summed E-state index contributed by atoms with van der Waals surface area (Å²) in [6.07, 6.45) is 0.847. The van der Waals surface area contributed by atoms with E-state index in [-0.39, 0.29) is 12.3 Å². The van der Waals surface area contributed by atoms with E-state index in [0.717, 1.165) is 12.1 Å². The molecule has 1 amide bonds. The molecule has 0 fully saturated rings. The van der Waals surface area contributed by atoms with Crippen molar-refractivity contribution in [3.05, 3.63) is 35.4 Å². The number of amides is 1. The zero-order valence-corrected chi connectivity index (χ0v) is 10.6. The average Bonchev–Trinajstić information content (AvgIpc) is 2.27. The molecule has 2 nitrogen and oxygen atoms in total. The summed E-state index contributed by atoms with van der Waals surface area (Å²) in [5, 5.41) is 2.60. The second-order valence-corrected chi connectivity index (χ2v) is 4.69. The molecule has 0 heterocycles. The SMILES string of the molecule is C#CC(C)(C)NC(=O)Cc1ccc(C(F)(F)F)cc1. The first-order chi connectivity index (χ1) is 8.64. The number of carbonyl (C=O) groups is 1. The summed E-state index contributed by atoms with van der Waals surface area (Å²) in [4.78, 5) is 11.6. The quantitative estimate of drug-likeness (QED) is 0.840. The van der Waals surface area contributed by atoms with Crippen molar-refractivity contribution in [2.45, 2.75) is 32.0 Å². The molecule has 0 atom stereocenters. The van der Waals surface area contributed by atoms with Crippen LogP contribution in [0.1, 0.15) is 25.0 Å². The average molecular weight is 269 g/mol. The van der Waals surface area contributed by atoms with Crippen molar-refractivity contribution >= 4 is 5.91 Å². The maximum absolute atomic E-state index is 12.3.